The molecule has 0 aliphatic rings. The van der Waals surface area contributed by atoms with Crippen LogP contribution in [0.15, 0.2) is 24.3 Å². The molecule has 1 rings (SSSR count). The van der Waals surface area contributed by atoms with Gasteiger partial charge in [0.05, 0.1) is 0 Å². The first-order valence-corrected chi connectivity index (χ1v) is 7.20. The van der Waals surface area contributed by atoms with Crippen LogP contribution < -0.4 is 10.8 Å². The normalized spacial score (nSPS) is 11.1. The molecule has 0 spiro atoms. The van der Waals surface area contributed by atoms with Crippen LogP contribution in [-0.2, 0) is 9.53 Å². The zero-order valence-corrected chi connectivity index (χ0v) is 12.9. The van der Waals surface area contributed by atoms with Gasteiger partial charge in [-0.25, -0.2) is 0 Å². The smallest absolute Gasteiger partial charge is 0.460 e. The second-order valence-corrected chi connectivity index (χ2v) is 5.97. The predicted molar refractivity (Wildman–Crippen MR) is 84.5 cm³/mol. The first-order valence-electron chi connectivity index (χ1n) is 7.20. The minimum Gasteiger partial charge on any atom is -0.460 e. The van der Waals surface area contributed by atoms with Crippen LogP contribution >= 0.6 is 0 Å². The molecule has 0 saturated carbocycles. The van der Waals surface area contributed by atoms with Crippen LogP contribution in [0, 0.1) is 0 Å². The number of benzene rings is 1. The van der Waals surface area contributed by atoms with E-state index in [-0.39, 0.29) is 5.97 Å². The maximum atomic E-state index is 11.5. The Labute approximate surface area is 126 Å². The van der Waals surface area contributed by atoms with Crippen molar-refractivity contribution >= 4 is 24.2 Å². The van der Waals surface area contributed by atoms with E-state index in [0.29, 0.717) is 18.4 Å². The minimum absolute atomic E-state index is 0.173. The van der Waals surface area contributed by atoms with Crippen molar-refractivity contribution in [2.75, 3.05) is 11.9 Å². The van der Waals surface area contributed by atoms with Crippen LogP contribution in [0.4, 0.5) is 5.69 Å². The quantitative estimate of drug-likeness (QED) is 0.401. The van der Waals surface area contributed by atoms with Crippen molar-refractivity contribution in [1.82, 2.24) is 0 Å². The topological polar surface area (TPSA) is 78.8 Å². The van der Waals surface area contributed by atoms with E-state index in [2.05, 4.69) is 5.32 Å². The molecule has 0 amide bonds. The lowest BCUT2D eigenvalue weighted by Crippen LogP contribution is -2.29. The molecule has 0 heterocycles. The highest BCUT2D eigenvalue weighted by atomic mass is 16.6. The lowest BCUT2D eigenvalue weighted by atomic mass is 9.80. The van der Waals surface area contributed by atoms with E-state index in [0.717, 1.165) is 18.5 Å². The second-order valence-electron chi connectivity index (χ2n) is 5.97. The fourth-order valence-electron chi connectivity index (χ4n) is 1.83. The molecular formula is C15H24BNO4. The maximum absolute atomic E-state index is 11.5. The van der Waals surface area contributed by atoms with Crippen LogP contribution in [0.5, 0.6) is 0 Å². The molecule has 1 aromatic rings. The molecule has 21 heavy (non-hydrogen) atoms. The lowest BCUT2D eigenvalue weighted by Gasteiger charge is -2.19. The monoisotopic (exact) mass is 293 g/mol. The number of nitrogens with one attached hydrogen (secondary N) is 1. The molecule has 0 fully saturated rings. The van der Waals surface area contributed by atoms with E-state index in [1.54, 1.807) is 18.2 Å². The van der Waals surface area contributed by atoms with Crippen molar-refractivity contribution in [3.05, 3.63) is 24.3 Å². The first kappa shape index (κ1) is 17.5. The standard InChI is InChI=1S/C15H24BNO4/c1-15(2,3)21-14(18)9-4-5-10-17-13-8-6-7-12(11-13)16(19)20/h6-8,11,17,19-20H,4-5,9-10H2,1-3H3. The van der Waals surface area contributed by atoms with Crippen LogP contribution in [0.1, 0.15) is 40.0 Å². The van der Waals surface area contributed by atoms with Crippen LogP contribution in [0.2, 0.25) is 0 Å². The average Bonchev–Trinajstić information content (AvgIpc) is 2.36. The van der Waals surface area contributed by atoms with Crippen molar-refractivity contribution in [1.29, 1.82) is 0 Å². The minimum atomic E-state index is -1.46. The molecule has 5 nitrogen and oxygen atoms in total. The van der Waals surface area contributed by atoms with E-state index in [1.165, 1.54) is 0 Å². The molecule has 1 aromatic carbocycles. The van der Waals surface area contributed by atoms with Gasteiger partial charge >= 0.3 is 13.1 Å². The van der Waals surface area contributed by atoms with Gasteiger partial charge in [-0.05, 0) is 51.2 Å². The molecule has 0 aliphatic heterocycles. The summed E-state index contributed by atoms with van der Waals surface area (Å²) in [5.41, 5.74) is 0.854. The number of hydrogen-bond donors (Lipinski definition) is 3. The summed E-state index contributed by atoms with van der Waals surface area (Å²) in [5.74, 6) is -0.173. The van der Waals surface area contributed by atoms with Crippen molar-refractivity contribution in [3.8, 4) is 0 Å². The SMILES string of the molecule is CC(C)(C)OC(=O)CCCCNc1cccc(B(O)O)c1. The number of rotatable bonds is 7. The van der Waals surface area contributed by atoms with Gasteiger partial charge in [0, 0.05) is 18.7 Å². The van der Waals surface area contributed by atoms with Gasteiger partial charge in [0.2, 0.25) is 0 Å². The highest BCUT2D eigenvalue weighted by Gasteiger charge is 2.15. The van der Waals surface area contributed by atoms with Gasteiger partial charge in [-0.1, -0.05) is 12.1 Å². The Balaban J connectivity index is 2.23. The van der Waals surface area contributed by atoms with Gasteiger partial charge in [0.1, 0.15) is 5.60 Å². The van der Waals surface area contributed by atoms with Crippen molar-refractivity contribution in [2.24, 2.45) is 0 Å². The van der Waals surface area contributed by atoms with Crippen molar-refractivity contribution in [3.63, 3.8) is 0 Å². The number of carbonyl (C=O) groups is 1. The van der Waals surface area contributed by atoms with Gasteiger partial charge in [0.15, 0.2) is 0 Å². The Kier molecular flexibility index (Phi) is 6.72. The Morgan fingerprint density at radius 2 is 2.00 bits per heavy atom. The lowest BCUT2D eigenvalue weighted by molar-refractivity contribution is -0.154. The van der Waals surface area contributed by atoms with Crippen LogP contribution in [0.3, 0.4) is 0 Å². The predicted octanol–water partition coefficient (Wildman–Crippen LogP) is 1.29. The summed E-state index contributed by atoms with van der Waals surface area (Å²) in [6.45, 7) is 6.28. The van der Waals surface area contributed by atoms with Gasteiger partial charge in [-0.2, -0.15) is 0 Å². The summed E-state index contributed by atoms with van der Waals surface area (Å²) < 4.78 is 5.23. The molecule has 3 N–H and O–H groups in total. The number of carbonyl (C=O) groups excluding carboxylic acids is 1. The summed E-state index contributed by atoms with van der Waals surface area (Å²) >= 11 is 0. The number of esters is 1. The van der Waals surface area contributed by atoms with Gasteiger partial charge in [0.25, 0.3) is 0 Å². The van der Waals surface area contributed by atoms with E-state index < -0.39 is 12.7 Å². The van der Waals surface area contributed by atoms with Crippen molar-refractivity contribution in [2.45, 2.75) is 45.6 Å². The average molecular weight is 293 g/mol. The Hall–Kier alpha value is -1.53. The molecular weight excluding hydrogens is 269 g/mol. The summed E-state index contributed by atoms with van der Waals surface area (Å²) in [7, 11) is -1.46. The summed E-state index contributed by atoms with van der Waals surface area (Å²) in [6, 6.07) is 6.97. The summed E-state index contributed by atoms with van der Waals surface area (Å²) in [5, 5.41) is 21.4. The van der Waals surface area contributed by atoms with E-state index in [4.69, 9.17) is 14.8 Å². The fourth-order valence-corrected chi connectivity index (χ4v) is 1.83. The Bertz CT molecular complexity index is 457. The first-order chi connectivity index (χ1) is 9.78. The van der Waals surface area contributed by atoms with E-state index >= 15 is 0 Å². The summed E-state index contributed by atoms with van der Waals surface area (Å²) in [6.07, 6.45) is 2.00. The Morgan fingerprint density at radius 1 is 1.29 bits per heavy atom. The van der Waals surface area contributed by atoms with Gasteiger partial charge < -0.3 is 20.1 Å². The number of anilines is 1. The Morgan fingerprint density at radius 3 is 2.62 bits per heavy atom. The molecule has 0 aliphatic carbocycles. The third-order valence-corrected chi connectivity index (χ3v) is 2.74. The molecule has 0 unspecified atom stereocenters. The number of hydrogen-bond acceptors (Lipinski definition) is 5. The molecule has 0 atom stereocenters. The molecule has 0 bridgehead atoms. The fraction of sp³-hybridized carbons (Fsp3) is 0.533. The van der Waals surface area contributed by atoms with Gasteiger partial charge in [-0.15, -0.1) is 0 Å². The largest absolute Gasteiger partial charge is 0.488 e. The van der Waals surface area contributed by atoms with E-state index in [9.17, 15) is 4.79 Å². The molecule has 116 valence electrons. The zero-order chi connectivity index (χ0) is 15.9. The highest BCUT2D eigenvalue weighted by molar-refractivity contribution is 6.58. The molecule has 0 saturated heterocycles. The number of ether oxygens (including phenoxy) is 1. The van der Waals surface area contributed by atoms with Gasteiger partial charge in [-0.3, -0.25) is 4.79 Å². The van der Waals surface area contributed by atoms with Crippen LogP contribution in [-0.4, -0.2) is 35.3 Å². The molecule has 6 heteroatoms. The third-order valence-electron chi connectivity index (χ3n) is 2.74. The highest BCUT2D eigenvalue weighted by Crippen LogP contribution is 2.10. The summed E-state index contributed by atoms with van der Waals surface area (Å²) in [4.78, 5) is 11.5. The molecule has 0 aromatic heterocycles. The number of unbranched alkanes of at least 4 members (excludes halogenated alkanes) is 1. The van der Waals surface area contributed by atoms with Crippen molar-refractivity contribution < 1.29 is 19.6 Å². The third kappa shape index (κ3) is 7.73. The zero-order valence-electron chi connectivity index (χ0n) is 12.9. The molecule has 0 radical (unpaired) electrons. The second kappa shape index (κ2) is 8.05. The maximum Gasteiger partial charge on any atom is 0.488 e. The van der Waals surface area contributed by atoms with E-state index in [1.807, 2.05) is 26.8 Å². The van der Waals surface area contributed by atoms with Crippen LogP contribution in [0.25, 0.3) is 0 Å².